The predicted octanol–water partition coefficient (Wildman–Crippen LogP) is 5.69. The van der Waals surface area contributed by atoms with Crippen molar-refractivity contribution in [1.29, 1.82) is 0 Å². The second-order valence-corrected chi connectivity index (χ2v) is 9.18. The van der Waals surface area contributed by atoms with Crippen molar-refractivity contribution in [2.75, 3.05) is 20.3 Å². The summed E-state index contributed by atoms with van der Waals surface area (Å²) in [5.41, 5.74) is 0. The fourth-order valence-corrected chi connectivity index (χ4v) is 3.35. The number of phosphoric ester groups is 1. The first kappa shape index (κ1) is 29.3. The average Bonchev–Trinajstić information content (AvgIpc) is 2.73. The van der Waals surface area contributed by atoms with Crippen molar-refractivity contribution in [2.24, 2.45) is 0 Å². The van der Waals surface area contributed by atoms with Crippen LogP contribution in [-0.2, 0) is 23.1 Å². The fourth-order valence-electron chi connectivity index (χ4n) is 2.88. The fraction of sp³-hybridized carbons (Fsp3) is 0.864. The molecule has 0 aliphatic heterocycles. The number of rotatable bonds is 21. The van der Waals surface area contributed by atoms with Crippen LogP contribution in [0.2, 0.25) is 0 Å². The van der Waals surface area contributed by atoms with Gasteiger partial charge < -0.3 is 14.7 Å². The van der Waals surface area contributed by atoms with Gasteiger partial charge in [0, 0.05) is 13.5 Å². The molecule has 0 rings (SSSR count). The maximum atomic E-state index is 11.6. The molecule has 0 fully saturated rings. The number of phosphoric acid groups is 1. The van der Waals surface area contributed by atoms with Crippen LogP contribution in [0.25, 0.3) is 0 Å². The van der Waals surface area contributed by atoms with Gasteiger partial charge in [-0.3, -0.25) is 13.8 Å². The molecule has 30 heavy (non-hydrogen) atoms. The number of carbonyl (C=O) groups is 1. The van der Waals surface area contributed by atoms with E-state index in [-0.39, 0.29) is 12.6 Å². The zero-order valence-electron chi connectivity index (χ0n) is 18.9. The Morgan fingerprint density at radius 2 is 1.43 bits per heavy atom. The minimum Gasteiger partial charge on any atom is -0.463 e. The largest absolute Gasteiger partial charge is 0.472 e. The molecule has 2 atom stereocenters. The van der Waals surface area contributed by atoms with Crippen LogP contribution in [-0.4, -0.2) is 42.4 Å². The molecular formula is C22H43O7P. The van der Waals surface area contributed by atoms with E-state index in [0.29, 0.717) is 6.42 Å². The monoisotopic (exact) mass is 450 g/mol. The van der Waals surface area contributed by atoms with Crippen molar-refractivity contribution in [3.63, 3.8) is 0 Å². The van der Waals surface area contributed by atoms with Crippen LogP contribution in [0.15, 0.2) is 12.2 Å². The molecule has 7 nitrogen and oxygen atoms in total. The highest BCUT2D eigenvalue weighted by Gasteiger charge is 2.21. The summed E-state index contributed by atoms with van der Waals surface area (Å²) in [5, 5.41) is 9.57. The average molecular weight is 451 g/mol. The second kappa shape index (κ2) is 20.2. The summed E-state index contributed by atoms with van der Waals surface area (Å²) in [7, 11) is -3.10. The number of allylic oxidation sites excluding steroid dienone is 2. The standard InChI is InChI=1S/C22H43O7P/c1-3-4-5-6-7-8-9-10-11-12-13-14-15-16-17-18-22(24)28-19-21(23)20-29-30(25,26)27-2/h10-11,21,23H,3-9,12-20H2,1-2H3,(H,25,26)/b11-10-. The molecule has 0 aromatic carbocycles. The molecule has 8 heteroatoms. The van der Waals surface area contributed by atoms with E-state index in [1.165, 1.54) is 51.4 Å². The minimum atomic E-state index is -4.13. The minimum absolute atomic E-state index is 0.270. The molecule has 0 aliphatic rings. The smallest absolute Gasteiger partial charge is 0.463 e. The lowest BCUT2D eigenvalue weighted by Crippen LogP contribution is -2.23. The lowest BCUT2D eigenvalue weighted by molar-refractivity contribution is -0.147. The summed E-state index contributed by atoms with van der Waals surface area (Å²) >= 11 is 0. The summed E-state index contributed by atoms with van der Waals surface area (Å²) < 4.78 is 24.7. The van der Waals surface area contributed by atoms with Crippen molar-refractivity contribution in [2.45, 2.75) is 103 Å². The highest BCUT2D eigenvalue weighted by molar-refractivity contribution is 7.47. The normalized spacial score (nSPS) is 14.7. The quantitative estimate of drug-likeness (QED) is 0.100. The van der Waals surface area contributed by atoms with Crippen molar-refractivity contribution in [3.05, 3.63) is 12.2 Å². The lowest BCUT2D eigenvalue weighted by atomic mass is 10.1. The van der Waals surface area contributed by atoms with Crippen molar-refractivity contribution < 1.29 is 33.1 Å². The Morgan fingerprint density at radius 1 is 0.900 bits per heavy atom. The summed E-state index contributed by atoms with van der Waals surface area (Å²) in [6.45, 7) is 1.53. The molecule has 0 radical (unpaired) electrons. The van der Waals surface area contributed by atoms with Crippen LogP contribution in [0.4, 0.5) is 0 Å². The molecule has 0 spiro atoms. The second-order valence-electron chi connectivity index (χ2n) is 7.62. The van der Waals surface area contributed by atoms with Crippen molar-refractivity contribution in [3.8, 4) is 0 Å². The number of unbranched alkanes of at least 4 members (excludes halogenated alkanes) is 11. The molecule has 0 aromatic rings. The Kier molecular flexibility index (Phi) is 19.7. The van der Waals surface area contributed by atoms with E-state index in [4.69, 9.17) is 9.63 Å². The number of ether oxygens (including phenoxy) is 1. The van der Waals surface area contributed by atoms with E-state index in [9.17, 15) is 14.5 Å². The Morgan fingerprint density at radius 3 is 2.00 bits per heavy atom. The van der Waals surface area contributed by atoms with Gasteiger partial charge in [-0.1, -0.05) is 70.4 Å². The van der Waals surface area contributed by atoms with Gasteiger partial charge in [0.25, 0.3) is 0 Å². The first-order chi connectivity index (χ1) is 14.4. The first-order valence-corrected chi connectivity index (χ1v) is 12.9. The van der Waals surface area contributed by atoms with Gasteiger partial charge in [0.1, 0.15) is 12.7 Å². The van der Waals surface area contributed by atoms with Crippen molar-refractivity contribution in [1.82, 2.24) is 0 Å². The van der Waals surface area contributed by atoms with E-state index < -0.39 is 20.5 Å². The molecule has 2 N–H and O–H groups in total. The predicted molar refractivity (Wildman–Crippen MR) is 119 cm³/mol. The van der Waals surface area contributed by atoms with Crippen LogP contribution < -0.4 is 0 Å². The Bertz CT molecular complexity index is 482. The lowest BCUT2D eigenvalue weighted by Gasteiger charge is -2.13. The van der Waals surface area contributed by atoms with Gasteiger partial charge in [-0.05, 0) is 32.1 Å². The maximum absolute atomic E-state index is 11.6. The van der Waals surface area contributed by atoms with Gasteiger partial charge in [0.2, 0.25) is 0 Å². The summed E-state index contributed by atoms with van der Waals surface area (Å²) in [4.78, 5) is 20.7. The van der Waals surface area contributed by atoms with Gasteiger partial charge in [-0.15, -0.1) is 0 Å². The Labute approximate surface area is 182 Å². The zero-order chi connectivity index (χ0) is 22.5. The third-order valence-electron chi connectivity index (χ3n) is 4.74. The Balaban J connectivity index is 3.42. The van der Waals surface area contributed by atoms with Gasteiger partial charge in [0.05, 0.1) is 6.61 Å². The van der Waals surface area contributed by atoms with Crippen LogP contribution in [0.1, 0.15) is 96.8 Å². The number of esters is 1. The number of aliphatic hydroxyl groups excluding tert-OH is 1. The van der Waals surface area contributed by atoms with E-state index in [0.717, 1.165) is 39.2 Å². The molecule has 0 saturated heterocycles. The molecule has 0 aliphatic carbocycles. The van der Waals surface area contributed by atoms with E-state index >= 15 is 0 Å². The molecule has 0 bridgehead atoms. The summed E-state index contributed by atoms with van der Waals surface area (Å²) in [6, 6.07) is 0. The summed E-state index contributed by atoms with van der Waals surface area (Å²) in [6.07, 6.45) is 19.3. The van der Waals surface area contributed by atoms with Crippen LogP contribution in [0.3, 0.4) is 0 Å². The number of carbonyl (C=O) groups excluding carboxylic acids is 1. The summed E-state index contributed by atoms with van der Waals surface area (Å²) in [5.74, 6) is -0.384. The number of hydrogen-bond donors (Lipinski definition) is 2. The van der Waals surface area contributed by atoms with Crippen LogP contribution >= 0.6 is 7.82 Å². The van der Waals surface area contributed by atoms with Gasteiger partial charge in [-0.2, -0.15) is 0 Å². The molecule has 0 aromatic heterocycles. The van der Waals surface area contributed by atoms with Crippen molar-refractivity contribution >= 4 is 13.8 Å². The third-order valence-corrected chi connectivity index (χ3v) is 5.68. The highest BCUT2D eigenvalue weighted by Crippen LogP contribution is 2.41. The van der Waals surface area contributed by atoms with E-state index in [1.54, 1.807) is 0 Å². The molecule has 2 unspecified atom stereocenters. The van der Waals surface area contributed by atoms with E-state index in [1.807, 2.05) is 0 Å². The van der Waals surface area contributed by atoms with Crippen LogP contribution in [0, 0.1) is 0 Å². The Hall–Kier alpha value is -0.720. The highest BCUT2D eigenvalue weighted by atomic mass is 31.2. The van der Waals surface area contributed by atoms with E-state index in [2.05, 4.69) is 28.1 Å². The first-order valence-electron chi connectivity index (χ1n) is 11.4. The number of aliphatic hydroxyl groups is 1. The number of hydrogen-bond acceptors (Lipinski definition) is 6. The SMILES string of the molecule is CCCCCCCC/C=C\CCCCCCCC(=O)OCC(O)COP(=O)(O)OC. The molecular weight excluding hydrogens is 407 g/mol. The molecule has 0 heterocycles. The van der Waals surface area contributed by atoms with Gasteiger partial charge >= 0.3 is 13.8 Å². The van der Waals surface area contributed by atoms with Gasteiger partial charge in [0.15, 0.2) is 0 Å². The third kappa shape index (κ3) is 20.5. The van der Waals surface area contributed by atoms with Gasteiger partial charge in [-0.25, -0.2) is 4.57 Å². The zero-order valence-corrected chi connectivity index (χ0v) is 19.8. The maximum Gasteiger partial charge on any atom is 0.472 e. The molecule has 178 valence electrons. The topological polar surface area (TPSA) is 102 Å². The molecule has 0 saturated carbocycles. The van der Waals surface area contributed by atoms with Crippen LogP contribution in [0.5, 0.6) is 0 Å². The molecule has 0 amide bonds.